The Morgan fingerprint density at radius 1 is 1.15 bits per heavy atom. The van der Waals surface area contributed by atoms with Gasteiger partial charge in [-0.3, -0.25) is 4.79 Å². The molecule has 6 nitrogen and oxygen atoms in total. The van der Waals surface area contributed by atoms with E-state index in [1.165, 1.54) is 21.3 Å². The fourth-order valence-electron chi connectivity index (χ4n) is 4.26. The number of benzene rings is 2. The van der Waals surface area contributed by atoms with Gasteiger partial charge in [-0.2, -0.15) is 4.31 Å². The van der Waals surface area contributed by atoms with Gasteiger partial charge < -0.3 is 9.64 Å². The Kier molecular flexibility index (Phi) is 7.35. The first-order chi connectivity index (χ1) is 16.3. The van der Waals surface area contributed by atoms with Crippen LogP contribution < -0.4 is 4.74 Å². The number of halogens is 1. The number of amides is 1. The Morgan fingerprint density at radius 2 is 1.85 bits per heavy atom. The van der Waals surface area contributed by atoms with Crippen LogP contribution in [0.15, 0.2) is 64.9 Å². The molecule has 0 spiro atoms. The van der Waals surface area contributed by atoms with Crippen molar-refractivity contribution in [2.24, 2.45) is 0 Å². The summed E-state index contributed by atoms with van der Waals surface area (Å²) >= 11 is 1.67. The molecule has 0 radical (unpaired) electrons. The third-order valence-corrected chi connectivity index (χ3v) is 8.81. The van der Waals surface area contributed by atoms with Gasteiger partial charge in [0, 0.05) is 18.0 Å². The summed E-state index contributed by atoms with van der Waals surface area (Å²) in [6, 6.07) is 14.0. The summed E-state index contributed by atoms with van der Waals surface area (Å²) in [5, 5.41) is 2.03. The average molecular weight is 503 g/mol. The number of carbonyl (C=O) groups excluding carboxylic acids is 1. The largest absolute Gasteiger partial charge is 0.497 e. The van der Waals surface area contributed by atoms with E-state index < -0.39 is 15.8 Å². The van der Waals surface area contributed by atoms with Crippen molar-refractivity contribution in [2.75, 3.05) is 26.7 Å². The molecule has 0 N–H and O–H groups in total. The monoisotopic (exact) mass is 502 g/mol. The number of fused-ring (bicyclic) bond motifs is 1. The molecule has 1 unspecified atom stereocenters. The smallest absolute Gasteiger partial charge is 0.243 e. The summed E-state index contributed by atoms with van der Waals surface area (Å²) in [4.78, 5) is 16.6. The van der Waals surface area contributed by atoms with Crippen LogP contribution in [0.2, 0.25) is 0 Å². The second-order valence-corrected chi connectivity index (χ2v) is 11.0. The van der Waals surface area contributed by atoms with Gasteiger partial charge in [-0.1, -0.05) is 19.1 Å². The summed E-state index contributed by atoms with van der Waals surface area (Å²) in [7, 11) is -2.35. The Bertz CT molecular complexity index is 1240. The number of hydrogen-bond donors (Lipinski definition) is 0. The SMILES string of the molecule is CCCN(CC(=O)N1CCc2sccc2C1c1ccc(OC)cc1)S(=O)(=O)c1ccc(F)cc1. The molecule has 1 aliphatic heterocycles. The zero-order valence-corrected chi connectivity index (χ0v) is 20.7. The van der Waals surface area contributed by atoms with E-state index in [1.54, 1.807) is 23.3 Å². The van der Waals surface area contributed by atoms with Gasteiger partial charge >= 0.3 is 0 Å². The van der Waals surface area contributed by atoms with E-state index in [0.717, 1.165) is 35.4 Å². The number of methoxy groups -OCH3 is 1. The lowest BCUT2D eigenvalue weighted by Crippen LogP contribution is -2.46. The minimum Gasteiger partial charge on any atom is -0.497 e. The molecular weight excluding hydrogens is 475 g/mol. The molecule has 34 heavy (non-hydrogen) atoms. The molecule has 0 saturated carbocycles. The lowest BCUT2D eigenvalue weighted by Gasteiger charge is -2.37. The molecule has 1 atom stereocenters. The first-order valence-electron chi connectivity index (χ1n) is 11.1. The fourth-order valence-corrected chi connectivity index (χ4v) is 6.65. The summed E-state index contributed by atoms with van der Waals surface area (Å²) in [6.07, 6.45) is 1.27. The minimum absolute atomic E-state index is 0.0272. The number of hydrogen-bond acceptors (Lipinski definition) is 5. The van der Waals surface area contributed by atoms with E-state index in [0.29, 0.717) is 13.0 Å². The molecule has 2 aromatic carbocycles. The van der Waals surface area contributed by atoms with E-state index in [-0.39, 0.29) is 29.9 Å². The number of nitrogens with zero attached hydrogens (tertiary/aromatic N) is 2. The highest BCUT2D eigenvalue weighted by atomic mass is 32.2. The molecule has 2 heterocycles. The van der Waals surface area contributed by atoms with Crippen molar-refractivity contribution in [3.05, 3.63) is 81.8 Å². The van der Waals surface area contributed by atoms with Crippen LogP contribution >= 0.6 is 11.3 Å². The summed E-state index contributed by atoms with van der Waals surface area (Å²) in [6.45, 7) is 2.27. The molecule has 3 aromatic rings. The van der Waals surface area contributed by atoms with Crippen LogP contribution in [0.4, 0.5) is 4.39 Å². The molecule has 0 aliphatic carbocycles. The van der Waals surface area contributed by atoms with Crippen molar-refractivity contribution in [1.29, 1.82) is 0 Å². The van der Waals surface area contributed by atoms with Crippen molar-refractivity contribution >= 4 is 27.3 Å². The number of rotatable bonds is 8. The number of ether oxygens (including phenoxy) is 1. The van der Waals surface area contributed by atoms with Gasteiger partial charge in [0.25, 0.3) is 0 Å². The van der Waals surface area contributed by atoms with Crippen molar-refractivity contribution in [3.63, 3.8) is 0 Å². The Hall–Kier alpha value is -2.75. The zero-order chi connectivity index (χ0) is 24.3. The van der Waals surface area contributed by atoms with E-state index in [1.807, 2.05) is 42.6 Å². The molecular formula is C25H27FN2O4S2. The van der Waals surface area contributed by atoms with Crippen molar-refractivity contribution < 1.29 is 22.3 Å². The highest BCUT2D eigenvalue weighted by Crippen LogP contribution is 2.38. The predicted octanol–water partition coefficient (Wildman–Crippen LogP) is 4.47. The van der Waals surface area contributed by atoms with Crippen LogP contribution in [-0.4, -0.2) is 50.3 Å². The maximum absolute atomic E-state index is 13.6. The third kappa shape index (κ3) is 4.87. The molecule has 1 aliphatic rings. The quantitative estimate of drug-likeness (QED) is 0.456. The van der Waals surface area contributed by atoms with Crippen LogP contribution in [0, 0.1) is 5.82 Å². The van der Waals surface area contributed by atoms with Gasteiger partial charge in [0.15, 0.2) is 0 Å². The summed E-state index contributed by atoms with van der Waals surface area (Å²) in [5.41, 5.74) is 2.01. The highest BCUT2D eigenvalue weighted by molar-refractivity contribution is 7.89. The number of thiophene rings is 1. The second kappa shape index (κ2) is 10.2. The molecule has 0 saturated heterocycles. The van der Waals surface area contributed by atoms with Crippen LogP contribution in [0.25, 0.3) is 0 Å². The average Bonchev–Trinajstić information content (AvgIpc) is 3.32. The highest BCUT2D eigenvalue weighted by Gasteiger charge is 2.35. The van der Waals surface area contributed by atoms with E-state index in [4.69, 9.17) is 4.74 Å². The molecule has 4 rings (SSSR count). The van der Waals surface area contributed by atoms with Gasteiger partial charge in [0.2, 0.25) is 15.9 Å². The summed E-state index contributed by atoms with van der Waals surface area (Å²) < 4.78 is 46.3. The van der Waals surface area contributed by atoms with Crippen LogP contribution in [0.3, 0.4) is 0 Å². The second-order valence-electron chi connectivity index (χ2n) is 8.10. The molecule has 0 fully saturated rings. The van der Waals surface area contributed by atoms with E-state index in [2.05, 4.69) is 0 Å². The van der Waals surface area contributed by atoms with E-state index >= 15 is 0 Å². The molecule has 0 bridgehead atoms. The van der Waals surface area contributed by atoms with Gasteiger partial charge in [0.05, 0.1) is 24.6 Å². The van der Waals surface area contributed by atoms with E-state index in [9.17, 15) is 17.6 Å². The Morgan fingerprint density at radius 3 is 2.50 bits per heavy atom. The first-order valence-corrected chi connectivity index (χ1v) is 13.4. The van der Waals surface area contributed by atoms with Crippen molar-refractivity contribution in [1.82, 2.24) is 9.21 Å². The van der Waals surface area contributed by atoms with Gasteiger partial charge in [-0.15, -0.1) is 11.3 Å². The third-order valence-electron chi connectivity index (χ3n) is 5.95. The van der Waals surface area contributed by atoms with Gasteiger partial charge in [-0.05, 0) is 71.8 Å². The van der Waals surface area contributed by atoms with Crippen LogP contribution in [0.1, 0.15) is 35.4 Å². The lowest BCUT2D eigenvalue weighted by atomic mass is 9.93. The van der Waals surface area contributed by atoms with Crippen molar-refractivity contribution in [3.8, 4) is 5.75 Å². The van der Waals surface area contributed by atoms with Crippen molar-refractivity contribution in [2.45, 2.75) is 30.7 Å². The van der Waals surface area contributed by atoms with Gasteiger partial charge in [0.1, 0.15) is 11.6 Å². The normalized spacial score (nSPS) is 15.9. The Balaban J connectivity index is 1.64. The van der Waals surface area contributed by atoms with Gasteiger partial charge in [-0.25, -0.2) is 12.8 Å². The predicted molar refractivity (Wildman–Crippen MR) is 130 cm³/mol. The lowest BCUT2D eigenvalue weighted by molar-refractivity contribution is -0.133. The molecule has 180 valence electrons. The topological polar surface area (TPSA) is 66.9 Å². The maximum Gasteiger partial charge on any atom is 0.243 e. The maximum atomic E-state index is 13.6. The van der Waals surface area contributed by atoms with Crippen LogP contribution in [-0.2, 0) is 21.2 Å². The molecule has 1 aromatic heterocycles. The van der Waals surface area contributed by atoms with Crippen LogP contribution in [0.5, 0.6) is 5.75 Å². The zero-order valence-electron chi connectivity index (χ0n) is 19.1. The minimum atomic E-state index is -3.95. The number of sulfonamides is 1. The fraction of sp³-hybridized carbons (Fsp3) is 0.320. The summed E-state index contributed by atoms with van der Waals surface area (Å²) in [5.74, 6) is -0.0569. The number of carbonyl (C=O) groups is 1. The standard InChI is InChI=1S/C25H27FN2O4S2/c1-3-14-27(34(30,31)21-10-6-19(26)7-11-21)17-24(29)28-15-12-23-22(13-16-33-23)25(28)18-4-8-20(32-2)9-5-18/h4-11,13,16,25H,3,12,14-15,17H2,1-2H3. The Labute approximate surface area is 203 Å². The molecule has 1 amide bonds. The molecule has 9 heteroatoms. The first kappa shape index (κ1) is 24.4.